The highest BCUT2D eigenvalue weighted by Gasteiger charge is 2.51. The van der Waals surface area contributed by atoms with Crippen LogP contribution < -0.4 is 0 Å². The van der Waals surface area contributed by atoms with Gasteiger partial charge in [-0.15, -0.1) is 6.58 Å². The molecule has 1 aliphatic carbocycles. The molecule has 2 aliphatic rings. The summed E-state index contributed by atoms with van der Waals surface area (Å²) in [4.78, 5) is 27.9. The average molecular weight is 280 g/mol. The van der Waals surface area contributed by atoms with Crippen molar-refractivity contribution in [1.29, 1.82) is 0 Å². The molecule has 1 unspecified atom stereocenters. The third kappa shape index (κ3) is 2.53. The van der Waals surface area contributed by atoms with Crippen LogP contribution in [0, 0.1) is 0 Å². The van der Waals surface area contributed by atoms with Crippen molar-refractivity contribution in [3.8, 4) is 0 Å². The van der Waals surface area contributed by atoms with Gasteiger partial charge in [0.15, 0.2) is 0 Å². The van der Waals surface area contributed by atoms with Crippen LogP contribution in [0.1, 0.15) is 45.4 Å². The van der Waals surface area contributed by atoms with Crippen molar-refractivity contribution in [3.63, 3.8) is 0 Å². The number of carbonyl (C=O) groups excluding carboxylic acids is 1. The highest BCUT2D eigenvalue weighted by atomic mass is 16.4. The topological polar surface area (TPSA) is 60.9 Å². The van der Waals surface area contributed by atoms with Gasteiger partial charge in [-0.3, -0.25) is 0 Å². The van der Waals surface area contributed by atoms with Crippen molar-refractivity contribution in [2.45, 2.75) is 57.0 Å². The summed E-state index contributed by atoms with van der Waals surface area (Å²) in [6.45, 7) is 6.71. The number of amides is 2. The number of rotatable bonds is 6. The van der Waals surface area contributed by atoms with Crippen LogP contribution in [0.2, 0.25) is 0 Å². The van der Waals surface area contributed by atoms with Crippen molar-refractivity contribution in [2.24, 2.45) is 0 Å². The Balaban J connectivity index is 2.21. The van der Waals surface area contributed by atoms with Gasteiger partial charge in [0.1, 0.15) is 5.54 Å². The maximum atomic E-state index is 12.8. The summed E-state index contributed by atoms with van der Waals surface area (Å²) in [5.41, 5.74) is -1.000. The molecule has 1 saturated heterocycles. The molecule has 0 aromatic heterocycles. The molecule has 2 amide bonds. The van der Waals surface area contributed by atoms with E-state index in [1.807, 2.05) is 6.92 Å². The van der Waals surface area contributed by atoms with Crippen LogP contribution in [0.4, 0.5) is 4.79 Å². The number of carboxylic acids is 1. The van der Waals surface area contributed by atoms with Crippen LogP contribution in [0.5, 0.6) is 0 Å². The van der Waals surface area contributed by atoms with Gasteiger partial charge in [0, 0.05) is 19.1 Å². The third-order valence-electron chi connectivity index (χ3n) is 4.34. The molecule has 20 heavy (non-hydrogen) atoms. The lowest BCUT2D eigenvalue weighted by Gasteiger charge is -2.38. The predicted octanol–water partition coefficient (Wildman–Crippen LogP) is 2.48. The molecule has 0 radical (unpaired) electrons. The lowest BCUT2D eigenvalue weighted by molar-refractivity contribution is -0.148. The molecule has 2 rings (SSSR count). The molecule has 1 aliphatic heterocycles. The Morgan fingerprint density at radius 2 is 2.20 bits per heavy atom. The van der Waals surface area contributed by atoms with Gasteiger partial charge in [0.2, 0.25) is 0 Å². The molecular formula is C15H24N2O3. The number of likely N-dealkylation sites (tertiary alicyclic amines) is 1. The van der Waals surface area contributed by atoms with Crippen molar-refractivity contribution >= 4 is 12.0 Å². The summed E-state index contributed by atoms with van der Waals surface area (Å²) in [7, 11) is 0. The fourth-order valence-corrected chi connectivity index (χ4v) is 3.22. The largest absolute Gasteiger partial charge is 0.479 e. The normalized spacial score (nSPS) is 25.6. The summed E-state index contributed by atoms with van der Waals surface area (Å²) >= 11 is 0. The minimum absolute atomic E-state index is 0.124. The fourth-order valence-electron chi connectivity index (χ4n) is 3.22. The van der Waals surface area contributed by atoms with E-state index < -0.39 is 11.5 Å². The number of carbonyl (C=O) groups is 2. The fraction of sp³-hybridized carbons (Fsp3) is 0.733. The van der Waals surface area contributed by atoms with E-state index in [2.05, 4.69) is 6.58 Å². The van der Waals surface area contributed by atoms with Gasteiger partial charge in [-0.1, -0.05) is 19.4 Å². The molecular weight excluding hydrogens is 256 g/mol. The first-order valence-electron chi connectivity index (χ1n) is 7.49. The van der Waals surface area contributed by atoms with Gasteiger partial charge in [0.25, 0.3) is 0 Å². The summed E-state index contributed by atoms with van der Waals surface area (Å²) in [5.74, 6) is -0.862. The second kappa shape index (κ2) is 5.85. The van der Waals surface area contributed by atoms with Crippen molar-refractivity contribution in [1.82, 2.24) is 9.80 Å². The van der Waals surface area contributed by atoms with E-state index in [4.69, 9.17) is 0 Å². The Bertz CT molecular complexity index is 406. The Morgan fingerprint density at radius 3 is 2.70 bits per heavy atom. The maximum Gasteiger partial charge on any atom is 0.329 e. The van der Waals surface area contributed by atoms with E-state index in [1.165, 1.54) is 0 Å². The molecule has 1 heterocycles. The Kier molecular flexibility index (Phi) is 4.35. The lowest BCUT2D eigenvalue weighted by atomic mass is 9.91. The van der Waals surface area contributed by atoms with E-state index >= 15 is 0 Å². The van der Waals surface area contributed by atoms with Crippen LogP contribution >= 0.6 is 0 Å². The zero-order chi connectivity index (χ0) is 14.8. The first-order chi connectivity index (χ1) is 9.56. The SMILES string of the molecule is C=CCN(C(=O)N1CCCC1(CCC)C(=O)O)C1CC1. The number of aliphatic carboxylic acids is 1. The van der Waals surface area contributed by atoms with E-state index in [0.717, 1.165) is 25.7 Å². The van der Waals surface area contributed by atoms with Gasteiger partial charge in [-0.05, 0) is 32.1 Å². The zero-order valence-corrected chi connectivity index (χ0v) is 12.2. The first kappa shape index (κ1) is 14.9. The molecule has 0 aromatic rings. The number of carboxylic acid groups (broad SMARTS) is 1. The first-order valence-corrected chi connectivity index (χ1v) is 7.49. The molecule has 5 nitrogen and oxygen atoms in total. The number of hydrogen-bond donors (Lipinski definition) is 1. The van der Waals surface area contributed by atoms with Crippen LogP contribution in [0.15, 0.2) is 12.7 Å². The second-order valence-corrected chi connectivity index (χ2v) is 5.80. The van der Waals surface area contributed by atoms with Crippen molar-refractivity contribution in [3.05, 3.63) is 12.7 Å². The molecule has 0 aromatic carbocycles. The van der Waals surface area contributed by atoms with Gasteiger partial charge in [0.05, 0.1) is 0 Å². The Morgan fingerprint density at radius 1 is 1.50 bits per heavy atom. The molecule has 112 valence electrons. The number of nitrogens with zero attached hydrogens (tertiary/aromatic N) is 2. The van der Waals surface area contributed by atoms with Gasteiger partial charge >= 0.3 is 12.0 Å². The molecule has 0 spiro atoms. The van der Waals surface area contributed by atoms with Crippen molar-refractivity contribution < 1.29 is 14.7 Å². The minimum atomic E-state index is -1.000. The van der Waals surface area contributed by atoms with Crippen LogP contribution in [0.25, 0.3) is 0 Å². The van der Waals surface area contributed by atoms with Gasteiger partial charge in [-0.2, -0.15) is 0 Å². The number of urea groups is 1. The van der Waals surface area contributed by atoms with Gasteiger partial charge < -0.3 is 14.9 Å². The quantitative estimate of drug-likeness (QED) is 0.760. The number of hydrogen-bond acceptors (Lipinski definition) is 2. The smallest absolute Gasteiger partial charge is 0.329 e. The van der Waals surface area contributed by atoms with Crippen LogP contribution in [-0.2, 0) is 4.79 Å². The second-order valence-electron chi connectivity index (χ2n) is 5.80. The molecule has 1 N–H and O–H groups in total. The lowest BCUT2D eigenvalue weighted by Crippen LogP contribution is -2.57. The molecule has 1 atom stereocenters. The van der Waals surface area contributed by atoms with Crippen LogP contribution in [-0.4, -0.2) is 51.6 Å². The Hall–Kier alpha value is -1.52. The molecule has 5 heteroatoms. The summed E-state index contributed by atoms with van der Waals surface area (Å²) in [6.07, 6.45) is 6.37. The molecule has 1 saturated carbocycles. The van der Waals surface area contributed by atoms with Crippen molar-refractivity contribution in [2.75, 3.05) is 13.1 Å². The van der Waals surface area contributed by atoms with E-state index in [1.54, 1.807) is 15.9 Å². The van der Waals surface area contributed by atoms with E-state index in [-0.39, 0.29) is 12.1 Å². The van der Waals surface area contributed by atoms with E-state index in [9.17, 15) is 14.7 Å². The summed E-state index contributed by atoms with van der Waals surface area (Å²) in [5, 5.41) is 9.65. The third-order valence-corrected chi connectivity index (χ3v) is 4.34. The van der Waals surface area contributed by atoms with Crippen LogP contribution in [0.3, 0.4) is 0 Å². The average Bonchev–Trinajstić information content (AvgIpc) is 3.16. The highest BCUT2D eigenvalue weighted by Crippen LogP contribution is 2.37. The Labute approximate surface area is 120 Å². The monoisotopic (exact) mass is 280 g/mol. The minimum Gasteiger partial charge on any atom is -0.479 e. The summed E-state index contributed by atoms with van der Waals surface area (Å²) in [6, 6.07) is 0.148. The zero-order valence-electron chi connectivity index (χ0n) is 12.2. The standard InChI is InChI=1S/C15H24N2O3/c1-3-8-15(13(18)19)9-5-11-17(15)14(20)16(10-4-2)12-6-7-12/h4,12H,2-3,5-11H2,1H3,(H,18,19). The maximum absolute atomic E-state index is 12.8. The highest BCUT2D eigenvalue weighted by molar-refractivity contribution is 5.87. The molecule has 2 fully saturated rings. The molecule has 0 bridgehead atoms. The summed E-state index contributed by atoms with van der Waals surface area (Å²) < 4.78 is 0. The predicted molar refractivity (Wildman–Crippen MR) is 76.5 cm³/mol. The van der Waals surface area contributed by atoms with Gasteiger partial charge in [-0.25, -0.2) is 9.59 Å². The van der Waals surface area contributed by atoms with E-state index in [0.29, 0.717) is 25.9 Å².